The van der Waals surface area contributed by atoms with Crippen molar-refractivity contribution in [3.8, 4) is 11.5 Å². The first-order valence-corrected chi connectivity index (χ1v) is 31.3. The zero-order chi connectivity index (χ0) is 66.7. The van der Waals surface area contributed by atoms with Crippen LogP contribution < -0.4 is 0 Å². The summed E-state index contributed by atoms with van der Waals surface area (Å²) in [6, 6.07) is 0. The summed E-state index contributed by atoms with van der Waals surface area (Å²) in [5, 5.41) is 101. The highest BCUT2D eigenvalue weighted by Gasteiger charge is 2.73. The number of fused-ring (bicyclic) bond motifs is 4. The average Bonchev–Trinajstić information content (AvgIpc) is 1.41. The third-order valence-electron chi connectivity index (χ3n) is 18.7. The molecule has 10 aliphatic heterocycles. The molecule has 1 aromatic carbocycles. The van der Waals surface area contributed by atoms with Crippen LogP contribution in [-0.4, -0.2) is 280 Å². The Labute approximate surface area is 537 Å². The molecule has 1 unspecified atom stereocenters. The van der Waals surface area contributed by atoms with Crippen LogP contribution in [0.4, 0.5) is 0 Å². The van der Waals surface area contributed by atoms with Crippen LogP contribution in [0.15, 0.2) is 0 Å². The number of methoxy groups -OCH3 is 1. The number of halogens is 2. The van der Waals surface area contributed by atoms with Crippen molar-refractivity contribution in [2.45, 2.75) is 277 Å². The van der Waals surface area contributed by atoms with E-state index >= 15 is 0 Å². The first kappa shape index (κ1) is 70.3. The second-order valence-corrected chi connectivity index (χ2v) is 26.4. The van der Waals surface area contributed by atoms with Crippen LogP contribution in [0.5, 0.6) is 11.5 Å². The Morgan fingerprint density at radius 1 is 0.641 bits per heavy atom. The summed E-state index contributed by atoms with van der Waals surface area (Å²) in [4.78, 5) is 39.4. The Balaban J connectivity index is 0.708. The molecule has 11 rings (SSSR count). The minimum atomic E-state index is -2.15. The van der Waals surface area contributed by atoms with Crippen LogP contribution in [0.1, 0.15) is 97.5 Å². The molecule has 10 saturated heterocycles. The molecule has 0 saturated carbocycles. The summed E-state index contributed by atoms with van der Waals surface area (Å²) >= 11 is 12.1. The molecule has 0 bridgehead atoms. The fourth-order valence-corrected chi connectivity index (χ4v) is 14.3. The van der Waals surface area contributed by atoms with Gasteiger partial charge in [0.05, 0.1) is 73.3 Å². The molecule has 92 heavy (non-hydrogen) atoms. The van der Waals surface area contributed by atoms with E-state index in [0.29, 0.717) is 0 Å². The number of aliphatic hydroxyl groups is 7. The second-order valence-electron chi connectivity index (χ2n) is 25.6. The summed E-state index contributed by atoms with van der Waals surface area (Å²) in [6.45, 7) is 14.2. The predicted molar refractivity (Wildman–Crippen MR) is 298 cm³/mol. The van der Waals surface area contributed by atoms with Crippen molar-refractivity contribution in [2.75, 3.05) is 27.1 Å². The molecule has 10 fully saturated rings. The summed E-state index contributed by atoms with van der Waals surface area (Å²) in [5.74, 6) is -8.49. The molecular formula is C58H82Cl2O32. The molecule has 0 aliphatic carbocycles. The van der Waals surface area contributed by atoms with Gasteiger partial charge in [-0.3, -0.25) is 9.59 Å². The lowest BCUT2D eigenvalue weighted by atomic mass is 9.81. The molecule has 0 radical (unpaired) electrons. The first-order chi connectivity index (χ1) is 43.2. The predicted octanol–water partition coefficient (Wildman–Crippen LogP) is -0.559. The Morgan fingerprint density at radius 2 is 1.33 bits per heavy atom. The number of esters is 2. The lowest BCUT2D eigenvalue weighted by Gasteiger charge is -2.49. The van der Waals surface area contributed by atoms with E-state index in [1.54, 1.807) is 34.6 Å². The maximum Gasteiger partial charge on any atom is 0.342 e. The maximum absolute atomic E-state index is 13.3. The van der Waals surface area contributed by atoms with Gasteiger partial charge in [-0.25, -0.2) is 4.79 Å². The number of benzene rings is 1. The van der Waals surface area contributed by atoms with Crippen molar-refractivity contribution in [3.05, 3.63) is 21.2 Å². The van der Waals surface area contributed by atoms with E-state index in [1.165, 1.54) is 41.7 Å². The Morgan fingerprint density at radius 3 is 2.00 bits per heavy atom. The van der Waals surface area contributed by atoms with Gasteiger partial charge < -0.3 is 141 Å². The van der Waals surface area contributed by atoms with E-state index in [1.807, 2.05) is 0 Å². The van der Waals surface area contributed by atoms with Gasteiger partial charge in [0.2, 0.25) is 6.29 Å². The van der Waals surface area contributed by atoms with E-state index in [9.17, 15) is 60.3 Å². The molecule has 10 aliphatic rings. The molecule has 2 spiro atoms. The van der Waals surface area contributed by atoms with Crippen LogP contribution >= 0.6 is 23.2 Å². The van der Waals surface area contributed by atoms with E-state index < -0.39 is 235 Å². The number of Topliss-reactive ketones (excluding diaryl/α,β-unsaturated/α-hetero) is 1. The minimum absolute atomic E-state index is 0.0150. The van der Waals surface area contributed by atoms with Gasteiger partial charge in [-0.1, -0.05) is 37.0 Å². The van der Waals surface area contributed by atoms with Gasteiger partial charge in [0, 0.05) is 20.0 Å². The van der Waals surface area contributed by atoms with E-state index in [2.05, 4.69) is 0 Å². The fourth-order valence-electron chi connectivity index (χ4n) is 13.8. The zero-order valence-electron chi connectivity index (χ0n) is 52.1. The number of ketones is 1. The highest BCUT2D eigenvalue weighted by atomic mass is 35.5. The van der Waals surface area contributed by atoms with Gasteiger partial charge in [-0.15, -0.1) is 0 Å². The molecule has 0 aromatic heterocycles. The molecule has 31 atom stereocenters. The van der Waals surface area contributed by atoms with Crippen molar-refractivity contribution < 1.29 is 155 Å². The number of ether oxygens (including phenoxy) is 20. The van der Waals surface area contributed by atoms with E-state index in [4.69, 9.17) is 118 Å². The highest BCUT2D eigenvalue weighted by Crippen LogP contribution is 2.53. The third-order valence-corrected chi connectivity index (χ3v) is 19.5. The normalized spacial score (nSPS) is 48.5. The SMILES string of the molecule is COC[C@H]1O[C@@H](O[C@H]2OC[C@@H]3O[C@]4(O[C@H]3[C@H]2OC(=O)C(C)C)O[C@H](C)[C@@](O)(C(C)=O)[C@@H]2OCO[C@H]24)[C@@H](O)[C@@H](O)[C@@H]1O[C@@H]1O[C@H](C)[C@H](O)[C@H](O[C@H]2C[C@@]3(C)OC4(C[C@@H](O)[C@H](O[C@H]5C[C@@H](O)[C@H](OC(=O)c6c(C)c(Cl)c(O)c(Cl)c6O)[C@@H](C)O5)[C@@H](C)O4)O[C@@H]3[C@@H](C)O2)[C@H]1O. The van der Waals surface area contributed by atoms with Crippen LogP contribution in [0.3, 0.4) is 0 Å². The van der Waals surface area contributed by atoms with E-state index in [0.717, 1.165) is 0 Å². The molecular weight excluding hydrogens is 1280 g/mol. The monoisotopic (exact) mass is 1360 g/mol. The van der Waals surface area contributed by atoms with Gasteiger partial charge in [-0.2, -0.15) is 0 Å². The van der Waals surface area contributed by atoms with Crippen molar-refractivity contribution in [3.63, 3.8) is 0 Å². The molecule has 34 heteroatoms. The number of hydrogen-bond acceptors (Lipinski definition) is 32. The number of carbonyl (C=O) groups excluding carboxylic acids is 3. The van der Waals surface area contributed by atoms with Crippen LogP contribution in [0.2, 0.25) is 10.0 Å². The number of carbonyl (C=O) groups is 3. The first-order valence-electron chi connectivity index (χ1n) is 30.5. The Bertz CT molecular complexity index is 2810. The number of aromatic hydroxyl groups is 2. The summed E-state index contributed by atoms with van der Waals surface area (Å²) < 4.78 is 122. The number of phenolic OH excluding ortho intramolecular Hbond substituents is 2. The lowest BCUT2D eigenvalue weighted by Crippen LogP contribution is -2.72. The van der Waals surface area contributed by atoms with Crippen molar-refractivity contribution >= 4 is 40.9 Å². The minimum Gasteiger partial charge on any atom is -0.505 e. The Kier molecular flexibility index (Phi) is 20.4. The quantitative estimate of drug-likeness (QED) is 0.0994. The van der Waals surface area contributed by atoms with Crippen LogP contribution in [0, 0.1) is 12.8 Å². The number of aliphatic hydroxyl groups excluding tert-OH is 6. The Hall–Kier alpha value is -2.99. The molecule has 32 nitrogen and oxygen atoms in total. The zero-order valence-corrected chi connectivity index (χ0v) is 53.6. The standard InChI is InChI=1S/C58H82Cl2O32/c1-18(2)50(70)84-46-44-29(89-58(90-44)49-48(75-17-76-49)57(72,24(8)61)25(9)88-58)16-74-54(46)86-52-39(68)38(67)43(28(80-52)15-73-11)85-53-40(69)45(35(64)20(4)79-53)82-31-14-55(10)47(23(7)78-31)91-56(92-55)13-27(63)42(22(6)87-56)81-30-12-26(62)41(21(5)77-30)83-51(71)32-19(3)33(59)37(66)34(60)36(32)65/h18,20-23,25-31,35,38-49,52-54,62-69,72H,12-17H2,1-11H3/t20-,21-,22-,23-,25-,26-,27-,28-,29+,30+,31+,35+,38-,39+,40-,41-,42-,43-,44-,45+,46-,47-,48-,49-,52+,53+,54-,55-,56?,57+,58-/m1/s1. The summed E-state index contributed by atoms with van der Waals surface area (Å²) in [6.07, 6.45) is -36.7. The van der Waals surface area contributed by atoms with Gasteiger partial charge in [0.1, 0.15) is 96.2 Å². The topological polar surface area (TPSA) is 418 Å². The van der Waals surface area contributed by atoms with Gasteiger partial charge in [0.25, 0.3) is 5.97 Å². The molecule has 1 aromatic rings. The number of hydrogen-bond donors (Lipinski definition) is 9. The average molecular weight is 1360 g/mol. The second kappa shape index (κ2) is 26.7. The highest BCUT2D eigenvalue weighted by molar-refractivity contribution is 6.39. The molecule has 0 amide bonds. The number of rotatable bonds is 15. The molecule has 10 heterocycles. The largest absolute Gasteiger partial charge is 0.505 e. The van der Waals surface area contributed by atoms with Crippen molar-refractivity contribution in [1.82, 2.24) is 0 Å². The van der Waals surface area contributed by atoms with Crippen LogP contribution in [0.25, 0.3) is 0 Å². The van der Waals surface area contributed by atoms with Crippen molar-refractivity contribution in [2.24, 2.45) is 5.92 Å². The fraction of sp³-hybridized carbons (Fsp3) is 0.845. The smallest absolute Gasteiger partial charge is 0.342 e. The van der Waals surface area contributed by atoms with Gasteiger partial charge >= 0.3 is 17.9 Å². The van der Waals surface area contributed by atoms with Crippen molar-refractivity contribution in [1.29, 1.82) is 0 Å². The summed E-state index contributed by atoms with van der Waals surface area (Å²) in [5.41, 5.74) is -3.84. The van der Waals surface area contributed by atoms with Gasteiger partial charge in [-0.05, 0) is 61.0 Å². The van der Waals surface area contributed by atoms with E-state index in [-0.39, 0.29) is 49.9 Å². The lowest BCUT2D eigenvalue weighted by molar-refractivity contribution is -0.428. The third kappa shape index (κ3) is 12.6. The van der Waals surface area contributed by atoms with Crippen LogP contribution in [-0.2, 0) is 104 Å². The van der Waals surface area contributed by atoms with Gasteiger partial charge in [0.15, 0.2) is 66.4 Å². The maximum atomic E-state index is 13.3. The molecule has 9 N–H and O–H groups in total. The molecule has 520 valence electrons. The number of phenols is 2. The summed E-state index contributed by atoms with van der Waals surface area (Å²) in [7, 11) is 1.33.